The van der Waals surface area contributed by atoms with Gasteiger partial charge in [-0.05, 0) is 43.4 Å². The molecule has 1 aliphatic rings. The van der Waals surface area contributed by atoms with E-state index in [1.54, 1.807) is 6.07 Å². The molecule has 1 fully saturated rings. The third kappa shape index (κ3) is 5.07. The lowest BCUT2D eigenvalue weighted by atomic mass is 10.0. The van der Waals surface area contributed by atoms with Gasteiger partial charge < -0.3 is 5.32 Å². The number of carbonyl (C=O) groups excluding carboxylic acids is 1. The molecular formula is C14H17BrFNO3S. The molecule has 2 rings (SSSR count). The largest absolute Gasteiger partial charge is 0.352 e. The van der Waals surface area contributed by atoms with Crippen molar-refractivity contribution < 1.29 is 17.6 Å². The van der Waals surface area contributed by atoms with Crippen molar-refractivity contribution in [3.05, 3.63) is 34.1 Å². The van der Waals surface area contributed by atoms with Gasteiger partial charge in [-0.25, -0.2) is 12.8 Å². The van der Waals surface area contributed by atoms with Crippen molar-refractivity contribution >= 4 is 31.7 Å². The first kappa shape index (κ1) is 16.4. The molecule has 0 aromatic heterocycles. The topological polar surface area (TPSA) is 63.2 Å². The molecule has 1 amide bonds. The normalized spacial score (nSPS) is 20.4. The number of amides is 1. The second kappa shape index (κ2) is 6.87. The number of hydrogen-bond acceptors (Lipinski definition) is 3. The van der Waals surface area contributed by atoms with Gasteiger partial charge >= 0.3 is 0 Å². The number of sulfone groups is 1. The number of rotatable bonds is 5. The second-order valence-corrected chi connectivity index (χ2v) is 8.47. The van der Waals surface area contributed by atoms with E-state index in [-0.39, 0.29) is 28.9 Å². The van der Waals surface area contributed by atoms with Gasteiger partial charge in [0.15, 0.2) is 9.84 Å². The SMILES string of the molecule is O=C(NCCCC1CCS(=O)(=O)C1)c1cc(F)cc(Br)c1. The van der Waals surface area contributed by atoms with Crippen molar-refractivity contribution in [3.63, 3.8) is 0 Å². The zero-order valence-electron chi connectivity index (χ0n) is 11.4. The summed E-state index contributed by atoms with van der Waals surface area (Å²) in [7, 11) is -2.84. The summed E-state index contributed by atoms with van der Waals surface area (Å²) in [6, 6.07) is 4.03. The van der Waals surface area contributed by atoms with Gasteiger partial charge in [-0.2, -0.15) is 0 Å². The Morgan fingerprint density at radius 3 is 2.76 bits per heavy atom. The molecule has 1 heterocycles. The molecule has 1 atom stereocenters. The molecule has 21 heavy (non-hydrogen) atoms. The maximum absolute atomic E-state index is 13.2. The van der Waals surface area contributed by atoms with Gasteiger partial charge in [-0.3, -0.25) is 4.79 Å². The summed E-state index contributed by atoms with van der Waals surface area (Å²) in [4.78, 5) is 11.9. The van der Waals surface area contributed by atoms with Crippen LogP contribution in [0.5, 0.6) is 0 Å². The molecule has 1 saturated heterocycles. The van der Waals surface area contributed by atoms with Crippen LogP contribution in [0.3, 0.4) is 0 Å². The first-order chi connectivity index (χ1) is 9.85. The van der Waals surface area contributed by atoms with Crippen LogP contribution in [0.1, 0.15) is 29.6 Å². The first-order valence-corrected chi connectivity index (χ1v) is 9.42. The van der Waals surface area contributed by atoms with Crippen LogP contribution >= 0.6 is 15.9 Å². The summed E-state index contributed by atoms with van der Waals surface area (Å²) in [6.07, 6.45) is 2.22. The maximum atomic E-state index is 13.2. The van der Waals surface area contributed by atoms with Gasteiger partial charge in [0.1, 0.15) is 5.82 Å². The molecule has 0 bridgehead atoms. The summed E-state index contributed by atoms with van der Waals surface area (Å²) in [5, 5.41) is 2.72. The molecule has 4 nitrogen and oxygen atoms in total. The lowest BCUT2D eigenvalue weighted by Crippen LogP contribution is -2.25. The van der Waals surface area contributed by atoms with E-state index in [1.807, 2.05) is 0 Å². The van der Waals surface area contributed by atoms with Gasteiger partial charge in [-0.15, -0.1) is 0 Å². The van der Waals surface area contributed by atoms with Crippen molar-refractivity contribution in [1.82, 2.24) is 5.32 Å². The number of benzene rings is 1. The minimum absolute atomic E-state index is 0.204. The van der Waals surface area contributed by atoms with Gasteiger partial charge in [0.05, 0.1) is 11.5 Å². The van der Waals surface area contributed by atoms with Crippen LogP contribution in [0.4, 0.5) is 4.39 Å². The Morgan fingerprint density at radius 1 is 1.38 bits per heavy atom. The average Bonchev–Trinajstić information content (AvgIpc) is 2.73. The third-order valence-electron chi connectivity index (χ3n) is 3.53. The number of carbonyl (C=O) groups is 1. The van der Waals surface area contributed by atoms with Crippen LogP contribution in [0.15, 0.2) is 22.7 Å². The molecule has 1 N–H and O–H groups in total. The van der Waals surface area contributed by atoms with Crippen LogP contribution in [0.25, 0.3) is 0 Å². The van der Waals surface area contributed by atoms with E-state index in [0.717, 1.165) is 12.8 Å². The van der Waals surface area contributed by atoms with E-state index in [1.165, 1.54) is 12.1 Å². The summed E-state index contributed by atoms with van der Waals surface area (Å²) in [5.74, 6) is -0.0470. The fourth-order valence-electron chi connectivity index (χ4n) is 2.48. The van der Waals surface area contributed by atoms with Crippen molar-refractivity contribution in [1.29, 1.82) is 0 Å². The van der Waals surface area contributed by atoms with Crippen LogP contribution in [-0.4, -0.2) is 32.4 Å². The predicted molar refractivity (Wildman–Crippen MR) is 82.4 cm³/mol. The highest BCUT2D eigenvalue weighted by molar-refractivity contribution is 9.10. The zero-order valence-corrected chi connectivity index (χ0v) is 13.8. The van der Waals surface area contributed by atoms with Gasteiger partial charge in [0.25, 0.3) is 5.91 Å². The minimum Gasteiger partial charge on any atom is -0.352 e. The average molecular weight is 378 g/mol. The fourth-order valence-corrected chi connectivity index (χ4v) is 4.86. The zero-order chi connectivity index (χ0) is 15.5. The van der Waals surface area contributed by atoms with Crippen LogP contribution in [-0.2, 0) is 9.84 Å². The van der Waals surface area contributed by atoms with Crippen LogP contribution in [0.2, 0.25) is 0 Å². The molecule has 0 radical (unpaired) electrons. The van der Waals surface area contributed by atoms with E-state index in [0.29, 0.717) is 17.4 Å². The second-order valence-electron chi connectivity index (χ2n) is 5.33. The first-order valence-electron chi connectivity index (χ1n) is 6.80. The smallest absolute Gasteiger partial charge is 0.251 e. The van der Waals surface area contributed by atoms with Crippen molar-refractivity contribution in [2.45, 2.75) is 19.3 Å². The molecular weight excluding hydrogens is 361 g/mol. The van der Waals surface area contributed by atoms with E-state index in [9.17, 15) is 17.6 Å². The van der Waals surface area contributed by atoms with Crippen molar-refractivity contribution in [3.8, 4) is 0 Å². The van der Waals surface area contributed by atoms with Gasteiger partial charge in [-0.1, -0.05) is 15.9 Å². The highest BCUT2D eigenvalue weighted by Crippen LogP contribution is 2.22. The Balaban J connectivity index is 1.75. The Morgan fingerprint density at radius 2 is 2.14 bits per heavy atom. The summed E-state index contributed by atoms with van der Waals surface area (Å²) >= 11 is 3.14. The third-order valence-corrected chi connectivity index (χ3v) is 5.82. The Hall–Kier alpha value is -0.950. The van der Waals surface area contributed by atoms with E-state index >= 15 is 0 Å². The number of hydrogen-bond donors (Lipinski definition) is 1. The highest BCUT2D eigenvalue weighted by Gasteiger charge is 2.27. The summed E-state index contributed by atoms with van der Waals surface area (Å²) < 4.78 is 36.3. The number of nitrogens with one attached hydrogen (secondary N) is 1. The number of halogens is 2. The minimum atomic E-state index is -2.84. The Labute approximate surface area is 132 Å². The van der Waals surface area contributed by atoms with Crippen molar-refractivity contribution in [2.24, 2.45) is 5.92 Å². The quantitative estimate of drug-likeness (QED) is 0.801. The summed E-state index contributed by atoms with van der Waals surface area (Å²) in [5.41, 5.74) is 0.269. The summed E-state index contributed by atoms with van der Waals surface area (Å²) in [6.45, 7) is 0.462. The Bertz CT molecular complexity index is 613. The lowest BCUT2D eigenvalue weighted by molar-refractivity contribution is 0.0952. The monoisotopic (exact) mass is 377 g/mol. The molecule has 7 heteroatoms. The lowest BCUT2D eigenvalue weighted by Gasteiger charge is -2.09. The molecule has 1 aliphatic heterocycles. The van der Waals surface area contributed by atoms with Gasteiger partial charge in [0, 0.05) is 16.6 Å². The molecule has 116 valence electrons. The van der Waals surface area contributed by atoms with E-state index < -0.39 is 15.7 Å². The molecule has 0 saturated carbocycles. The van der Waals surface area contributed by atoms with Crippen molar-refractivity contribution in [2.75, 3.05) is 18.1 Å². The fraction of sp³-hybridized carbons (Fsp3) is 0.500. The van der Waals surface area contributed by atoms with Crippen LogP contribution in [0, 0.1) is 11.7 Å². The molecule has 0 aliphatic carbocycles. The van der Waals surface area contributed by atoms with Gasteiger partial charge in [0.2, 0.25) is 0 Å². The molecule has 1 aromatic rings. The van der Waals surface area contributed by atoms with Crippen LogP contribution < -0.4 is 5.32 Å². The maximum Gasteiger partial charge on any atom is 0.251 e. The predicted octanol–water partition coefficient (Wildman–Crippen LogP) is 2.53. The molecule has 1 aromatic carbocycles. The Kier molecular flexibility index (Phi) is 5.37. The van der Waals surface area contributed by atoms with E-state index in [4.69, 9.17) is 0 Å². The van der Waals surface area contributed by atoms with E-state index in [2.05, 4.69) is 21.2 Å². The molecule has 0 spiro atoms. The molecule has 1 unspecified atom stereocenters. The highest BCUT2D eigenvalue weighted by atomic mass is 79.9. The standard InChI is InChI=1S/C14H17BrFNO3S/c15-12-6-11(7-13(16)8-12)14(18)17-4-1-2-10-3-5-21(19,20)9-10/h6-8,10H,1-5,9H2,(H,17,18).